The molecule has 2 unspecified atom stereocenters. The van der Waals surface area contributed by atoms with Crippen molar-refractivity contribution in [1.82, 2.24) is 0 Å². The number of rotatable bonds is 71. The van der Waals surface area contributed by atoms with E-state index >= 15 is 0 Å². The highest BCUT2D eigenvalue weighted by Crippen LogP contribution is 2.38. The molecule has 0 heterocycles. The van der Waals surface area contributed by atoms with Crippen LogP contribution < -0.4 is 4.89 Å². The predicted octanol–water partition coefficient (Wildman–Crippen LogP) is 26.3. The molecule has 2 atom stereocenters. The molecule has 564 valence electrons. The van der Waals surface area contributed by atoms with E-state index in [2.05, 4.69) is 220 Å². The van der Waals surface area contributed by atoms with Crippen LogP contribution in [0.4, 0.5) is 0 Å². The van der Waals surface area contributed by atoms with Crippen LogP contribution in [0, 0.1) is 0 Å². The van der Waals surface area contributed by atoms with E-state index in [0.29, 0.717) is 17.4 Å². The molecular formula is C90H146NO8P. The summed E-state index contributed by atoms with van der Waals surface area (Å²) in [6.07, 6.45) is 122. The molecule has 0 aliphatic rings. The topological polar surface area (TPSA) is 111 Å². The number of phosphoric ester groups is 1. The van der Waals surface area contributed by atoms with Crippen LogP contribution in [0.2, 0.25) is 0 Å². The van der Waals surface area contributed by atoms with Crippen LogP contribution in [0.15, 0.2) is 207 Å². The van der Waals surface area contributed by atoms with Crippen molar-refractivity contribution in [3.63, 3.8) is 0 Å². The molecule has 0 saturated carbocycles. The van der Waals surface area contributed by atoms with E-state index in [0.717, 1.165) is 167 Å². The first-order valence-corrected chi connectivity index (χ1v) is 41.3. The van der Waals surface area contributed by atoms with Gasteiger partial charge in [0.1, 0.15) is 19.8 Å². The Morgan fingerprint density at radius 3 is 0.800 bits per heavy atom. The Bertz CT molecular complexity index is 2450. The van der Waals surface area contributed by atoms with Gasteiger partial charge in [-0.15, -0.1) is 0 Å². The number of unbranched alkanes of at least 4 members (excludes halogenated alkanes) is 23. The van der Waals surface area contributed by atoms with Gasteiger partial charge in [0, 0.05) is 12.8 Å². The van der Waals surface area contributed by atoms with Gasteiger partial charge in [-0.1, -0.05) is 342 Å². The number of ether oxygens (including phenoxy) is 2. The Morgan fingerprint density at radius 2 is 0.540 bits per heavy atom. The van der Waals surface area contributed by atoms with Gasteiger partial charge in [0.25, 0.3) is 7.82 Å². The van der Waals surface area contributed by atoms with Crippen molar-refractivity contribution >= 4 is 19.8 Å². The van der Waals surface area contributed by atoms with Gasteiger partial charge < -0.3 is 27.9 Å². The van der Waals surface area contributed by atoms with Gasteiger partial charge in [0.05, 0.1) is 27.7 Å². The lowest BCUT2D eigenvalue weighted by Crippen LogP contribution is -2.37. The molecule has 0 fully saturated rings. The largest absolute Gasteiger partial charge is 0.756 e. The second-order valence-electron chi connectivity index (χ2n) is 27.0. The van der Waals surface area contributed by atoms with Crippen molar-refractivity contribution in [2.24, 2.45) is 0 Å². The molecule has 0 N–H and O–H groups in total. The molecule has 0 aliphatic heterocycles. The average molecular weight is 1400 g/mol. The number of nitrogens with zero attached hydrogens (tertiary/aromatic N) is 1. The lowest BCUT2D eigenvalue weighted by atomic mass is 10.0. The van der Waals surface area contributed by atoms with E-state index in [1.807, 2.05) is 21.1 Å². The fraction of sp³-hybridized carbons (Fsp3) is 0.600. The third-order valence-corrected chi connectivity index (χ3v) is 17.3. The first kappa shape index (κ1) is 94.6. The van der Waals surface area contributed by atoms with E-state index in [1.54, 1.807) is 0 Å². The van der Waals surface area contributed by atoms with Crippen molar-refractivity contribution < 1.29 is 42.1 Å². The molecule has 9 nitrogen and oxygen atoms in total. The van der Waals surface area contributed by atoms with Crippen LogP contribution in [-0.2, 0) is 32.7 Å². The molecule has 100 heavy (non-hydrogen) atoms. The van der Waals surface area contributed by atoms with Crippen LogP contribution in [-0.4, -0.2) is 70.0 Å². The molecule has 0 spiro atoms. The molecule has 0 radical (unpaired) electrons. The van der Waals surface area contributed by atoms with Crippen LogP contribution in [0.3, 0.4) is 0 Å². The van der Waals surface area contributed by atoms with E-state index < -0.39 is 32.5 Å². The summed E-state index contributed by atoms with van der Waals surface area (Å²) in [5, 5.41) is 0. The monoisotopic (exact) mass is 1400 g/mol. The fourth-order valence-electron chi connectivity index (χ4n) is 10.3. The maximum atomic E-state index is 12.9. The van der Waals surface area contributed by atoms with Gasteiger partial charge in [-0.2, -0.15) is 0 Å². The SMILES string of the molecule is CC/C=C\C/C=C\C/C=C\C/C=C\C/C=C\C/C=C\C/C=C\C/C=C\C/C=C\C/C=C\CCCCCCCCC(=O)OC(COC(=O)CCCCCCCCCCCCCCCCCCC/C=C\C/C=C\C/C=C\C/C=C\C/C=C\C/C=C\C/C=C\CC)COP(=O)([O-])OCC[N+](C)(C)C. The van der Waals surface area contributed by atoms with Crippen molar-refractivity contribution in [1.29, 1.82) is 0 Å². The molecular weight excluding hydrogens is 1250 g/mol. The van der Waals surface area contributed by atoms with Gasteiger partial charge in [0.15, 0.2) is 6.10 Å². The van der Waals surface area contributed by atoms with Crippen LogP contribution in [0.5, 0.6) is 0 Å². The maximum absolute atomic E-state index is 12.9. The summed E-state index contributed by atoms with van der Waals surface area (Å²) in [5.74, 6) is -0.857. The minimum Gasteiger partial charge on any atom is -0.756 e. The van der Waals surface area contributed by atoms with Gasteiger partial charge in [-0.3, -0.25) is 14.2 Å². The molecule has 0 aromatic rings. The first-order valence-electron chi connectivity index (χ1n) is 39.8. The van der Waals surface area contributed by atoms with Crippen LogP contribution in [0.25, 0.3) is 0 Å². The number of carbonyl (C=O) groups excluding carboxylic acids is 2. The van der Waals surface area contributed by atoms with Crippen molar-refractivity contribution in [3.05, 3.63) is 207 Å². The van der Waals surface area contributed by atoms with Crippen molar-refractivity contribution in [2.75, 3.05) is 47.5 Å². The number of allylic oxidation sites excluding steroid dienone is 34. The molecule has 0 amide bonds. The third kappa shape index (κ3) is 81.6. The average Bonchev–Trinajstić information content (AvgIpc) is 1.02. The van der Waals surface area contributed by atoms with E-state index in [9.17, 15) is 19.0 Å². The van der Waals surface area contributed by atoms with E-state index in [4.69, 9.17) is 18.5 Å². The molecule has 0 aromatic carbocycles. The van der Waals surface area contributed by atoms with Gasteiger partial charge >= 0.3 is 11.9 Å². The fourth-order valence-corrected chi connectivity index (χ4v) is 11.0. The predicted molar refractivity (Wildman–Crippen MR) is 433 cm³/mol. The standard InChI is InChI=1S/C90H146NO8P/c1-6-8-10-12-14-16-18-20-22-24-26-28-30-32-34-36-38-40-42-44-45-47-48-50-52-54-56-58-60-62-64-66-68-70-72-74-76-78-80-82-89(92)96-86-88(87-98-100(94,95)97-85-84-91(3,4)5)99-90(93)83-81-79-77-75-73-71-69-67-65-63-61-59-57-55-53-51-49-46-43-41-39-37-35-33-31-29-27-25-23-21-19-17-15-13-11-9-7-2/h8-11,14-17,20-23,26-29,32-35,38-41,44-46,49,53,55,59,61,65,67,88H,6-7,12-13,18-19,24-25,30-31,36-37,42-43,47-48,50-52,54,56-58,60,62-64,66,68-87H2,1-5H3/b10-8-,11-9-,16-14-,17-15-,22-20-,23-21-,28-26-,29-27-,34-32-,35-33-,40-38-,41-39-,45-44-,49-46-,55-53-,61-59-,67-65-. The summed E-state index contributed by atoms with van der Waals surface area (Å²) >= 11 is 0. The van der Waals surface area contributed by atoms with Gasteiger partial charge in [0.2, 0.25) is 0 Å². The number of hydrogen-bond acceptors (Lipinski definition) is 8. The lowest BCUT2D eigenvalue weighted by Gasteiger charge is -2.28. The van der Waals surface area contributed by atoms with Gasteiger partial charge in [-0.25, -0.2) is 0 Å². The van der Waals surface area contributed by atoms with E-state index in [1.165, 1.54) is 96.3 Å². The number of carbonyl (C=O) groups is 2. The normalized spacial score (nSPS) is 14.2. The Kier molecular flexibility index (Phi) is 73.5. The summed E-state index contributed by atoms with van der Waals surface area (Å²) in [6.45, 7) is 3.99. The third-order valence-electron chi connectivity index (χ3n) is 16.3. The first-order chi connectivity index (χ1) is 49.0. The van der Waals surface area contributed by atoms with Crippen molar-refractivity contribution in [3.8, 4) is 0 Å². The minimum absolute atomic E-state index is 0.0432. The number of likely N-dealkylation sites (N-methyl/N-ethyl adjacent to an activating group) is 1. The zero-order valence-corrected chi connectivity index (χ0v) is 65.2. The Labute approximate surface area is 615 Å². The minimum atomic E-state index is -4.66. The Morgan fingerprint density at radius 1 is 0.310 bits per heavy atom. The molecule has 0 rings (SSSR count). The summed E-state index contributed by atoms with van der Waals surface area (Å²) in [4.78, 5) is 38.2. The molecule has 0 aliphatic carbocycles. The number of hydrogen-bond donors (Lipinski definition) is 0. The molecule has 0 saturated heterocycles. The maximum Gasteiger partial charge on any atom is 0.306 e. The smallest absolute Gasteiger partial charge is 0.306 e. The second-order valence-corrected chi connectivity index (χ2v) is 28.4. The number of esters is 2. The zero-order chi connectivity index (χ0) is 72.5. The quantitative estimate of drug-likeness (QED) is 0.0195. The molecule has 10 heteroatoms. The molecule has 0 aromatic heterocycles. The summed E-state index contributed by atoms with van der Waals surface area (Å²) in [6, 6.07) is 0. The summed E-state index contributed by atoms with van der Waals surface area (Å²) in [5.41, 5.74) is 0. The number of quaternary nitrogens is 1. The number of phosphoric acid groups is 1. The highest BCUT2D eigenvalue weighted by Gasteiger charge is 2.22. The van der Waals surface area contributed by atoms with Crippen molar-refractivity contribution in [2.45, 2.75) is 302 Å². The lowest BCUT2D eigenvalue weighted by molar-refractivity contribution is -0.870. The molecule has 0 bridgehead atoms. The Hall–Kier alpha value is -5.41. The van der Waals surface area contributed by atoms with Crippen LogP contribution in [0.1, 0.15) is 296 Å². The Balaban J connectivity index is 4.08. The van der Waals surface area contributed by atoms with Crippen LogP contribution >= 0.6 is 7.82 Å². The van der Waals surface area contributed by atoms with Gasteiger partial charge in [-0.05, 0) is 148 Å². The van der Waals surface area contributed by atoms with E-state index in [-0.39, 0.29) is 26.1 Å². The second kappa shape index (κ2) is 77.7. The summed E-state index contributed by atoms with van der Waals surface area (Å²) in [7, 11) is 1.14. The highest BCUT2D eigenvalue weighted by atomic mass is 31.2. The highest BCUT2D eigenvalue weighted by molar-refractivity contribution is 7.45. The zero-order valence-electron chi connectivity index (χ0n) is 64.3. The summed E-state index contributed by atoms with van der Waals surface area (Å²) < 4.78 is 34.4.